The van der Waals surface area contributed by atoms with Gasteiger partial charge in [-0.3, -0.25) is 4.90 Å². The molecule has 4 saturated heterocycles. The first-order chi connectivity index (χ1) is 22.3. The molecule has 1 unspecified atom stereocenters. The number of aryl methyl sites for hydroxylation is 1. The molecule has 5 atom stereocenters. The molecular formula is C34H35F3N6O3. The summed E-state index contributed by atoms with van der Waals surface area (Å²) < 4.78 is 59.3. The van der Waals surface area contributed by atoms with E-state index in [4.69, 9.17) is 19.4 Å². The molecule has 2 bridgehead atoms. The minimum Gasteiger partial charge on any atom is -0.508 e. The van der Waals surface area contributed by atoms with Crippen LogP contribution in [-0.2, 0) is 6.42 Å². The first-order valence-corrected chi connectivity index (χ1v) is 16.3. The Morgan fingerprint density at radius 3 is 2.89 bits per heavy atom. The number of phenolic OH excluding ortho intramolecular Hbond substituents is 1. The molecule has 0 aliphatic carbocycles. The van der Waals surface area contributed by atoms with Crippen LogP contribution in [0, 0.1) is 11.6 Å². The Kier molecular flexibility index (Phi) is 6.34. The van der Waals surface area contributed by atoms with Crippen molar-refractivity contribution in [2.45, 2.75) is 75.3 Å². The number of pyridine rings is 1. The van der Waals surface area contributed by atoms with Crippen molar-refractivity contribution in [3.05, 3.63) is 41.5 Å². The molecule has 0 amide bonds. The van der Waals surface area contributed by atoms with Crippen LogP contribution in [0.2, 0.25) is 0 Å². The third-order valence-corrected chi connectivity index (χ3v) is 10.9. The van der Waals surface area contributed by atoms with Crippen LogP contribution in [0.25, 0.3) is 32.9 Å². The fourth-order valence-corrected chi connectivity index (χ4v) is 8.84. The summed E-state index contributed by atoms with van der Waals surface area (Å²) in [5.41, 5.74) is 0.0926. The fourth-order valence-electron chi connectivity index (χ4n) is 8.84. The lowest BCUT2D eigenvalue weighted by Crippen LogP contribution is -2.60. The van der Waals surface area contributed by atoms with Crippen LogP contribution in [-0.4, -0.2) is 87.6 Å². The average molecular weight is 633 g/mol. The number of aromatic hydroxyl groups is 1. The van der Waals surface area contributed by atoms with Gasteiger partial charge in [0, 0.05) is 37.2 Å². The van der Waals surface area contributed by atoms with Gasteiger partial charge in [0.25, 0.3) is 0 Å². The van der Waals surface area contributed by atoms with Crippen molar-refractivity contribution in [3.8, 4) is 28.9 Å². The molecule has 240 valence electrons. The summed E-state index contributed by atoms with van der Waals surface area (Å²) in [4.78, 5) is 18.6. The van der Waals surface area contributed by atoms with Crippen LogP contribution >= 0.6 is 0 Å². The third kappa shape index (κ3) is 4.18. The summed E-state index contributed by atoms with van der Waals surface area (Å²) >= 11 is 0. The number of nitrogens with one attached hydrogen (secondary N) is 1. The molecule has 0 radical (unpaired) electrons. The molecule has 0 saturated carbocycles. The Labute approximate surface area is 263 Å². The molecule has 2 aromatic carbocycles. The van der Waals surface area contributed by atoms with Crippen molar-refractivity contribution in [2.24, 2.45) is 0 Å². The van der Waals surface area contributed by atoms with Crippen LogP contribution in [0.3, 0.4) is 0 Å². The Hall–Kier alpha value is -3.90. The molecule has 0 spiro atoms. The molecule has 5 aliphatic heterocycles. The SMILES string of the molecule is CCc1c(F)ccc2cc(O)cc(-c3nc4c5c(nc(OC[C@@]67CCCN6C[C@H](F)C7)nc5c3F)N3C[C@@H]5CCC(N5)[C@@H]3CO4)c12. The van der Waals surface area contributed by atoms with E-state index in [1.54, 1.807) is 6.07 Å². The van der Waals surface area contributed by atoms with Gasteiger partial charge in [-0.05, 0) is 73.2 Å². The van der Waals surface area contributed by atoms with Crippen LogP contribution in [0.5, 0.6) is 17.6 Å². The zero-order valence-electron chi connectivity index (χ0n) is 25.5. The monoisotopic (exact) mass is 632 g/mol. The highest BCUT2D eigenvalue weighted by molar-refractivity contribution is 6.03. The van der Waals surface area contributed by atoms with Crippen LogP contribution in [0.1, 0.15) is 44.6 Å². The Bertz CT molecular complexity index is 1910. The van der Waals surface area contributed by atoms with E-state index in [-0.39, 0.29) is 59.1 Å². The number of ether oxygens (including phenoxy) is 2. The molecule has 46 heavy (non-hydrogen) atoms. The highest BCUT2D eigenvalue weighted by atomic mass is 19.1. The Morgan fingerprint density at radius 1 is 1.13 bits per heavy atom. The van der Waals surface area contributed by atoms with E-state index in [9.17, 15) is 9.50 Å². The minimum absolute atomic E-state index is 0.0145. The standard InChI is InChI=1S/C34H35F3N6O3/c1-2-21-23(36)6-4-17-10-20(44)11-22(26(17)21)29-28(37)30-27-31(43-14-19-5-7-24(38-19)25(43)15-45-32(27)39-29)41-33(40-30)46-16-34-8-3-9-42(34)13-18(35)12-34/h4,6,10-11,18-19,24-25,38,44H,2-3,5,7-9,12-16H2,1H3/t18-,19+,24?,25+,34+/m1/s1. The van der Waals surface area contributed by atoms with Gasteiger partial charge in [-0.15, -0.1) is 0 Å². The first-order valence-electron chi connectivity index (χ1n) is 16.3. The lowest BCUT2D eigenvalue weighted by atomic mass is 9.94. The fraction of sp³-hybridized carbons (Fsp3) is 0.500. The summed E-state index contributed by atoms with van der Waals surface area (Å²) in [6, 6.07) is 6.25. The lowest BCUT2D eigenvalue weighted by Gasteiger charge is -2.40. The van der Waals surface area contributed by atoms with Gasteiger partial charge in [-0.1, -0.05) is 13.0 Å². The van der Waals surface area contributed by atoms with E-state index in [1.165, 1.54) is 18.2 Å². The molecule has 2 aromatic heterocycles. The molecule has 4 fully saturated rings. The van der Waals surface area contributed by atoms with Crippen LogP contribution in [0.4, 0.5) is 19.0 Å². The van der Waals surface area contributed by atoms with Crippen molar-refractivity contribution in [1.82, 2.24) is 25.2 Å². The van der Waals surface area contributed by atoms with Gasteiger partial charge in [0.15, 0.2) is 5.82 Å². The molecule has 9 rings (SSSR count). The molecule has 7 heterocycles. The van der Waals surface area contributed by atoms with Gasteiger partial charge in [-0.2, -0.15) is 9.97 Å². The number of hydrogen-bond acceptors (Lipinski definition) is 9. The highest BCUT2D eigenvalue weighted by Crippen LogP contribution is 2.45. The van der Waals surface area contributed by atoms with Gasteiger partial charge < -0.3 is 24.8 Å². The summed E-state index contributed by atoms with van der Waals surface area (Å²) in [5.74, 6) is -0.568. The number of aromatic nitrogens is 3. The van der Waals surface area contributed by atoms with Crippen molar-refractivity contribution < 1.29 is 27.8 Å². The van der Waals surface area contributed by atoms with Crippen LogP contribution in [0.15, 0.2) is 24.3 Å². The first kappa shape index (κ1) is 28.3. The predicted molar refractivity (Wildman–Crippen MR) is 166 cm³/mol. The summed E-state index contributed by atoms with van der Waals surface area (Å²) in [6.45, 7) is 4.21. The smallest absolute Gasteiger partial charge is 0.319 e. The number of phenols is 1. The van der Waals surface area contributed by atoms with Gasteiger partial charge >= 0.3 is 6.01 Å². The summed E-state index contributed by atoms with van der Waals surface area (Å²) in [5, 5.41) is 15.8. The second-order valence-electron chi connectivity index (χ2n) is 13.5. The number of halogens is 3. The number of benzene rings is 2. The number of nitrogens with zero attached hydrogens (tertiary/aromatic N) is 5. The second kappa shape index (κ2) is 10.3. The molecule has 5 aliphatic rings. The number of rotatable bonds is 5. The van der Waals surface area contributed by atoms with E-state index in [0.29, 0.717) is 60.1 Å². The maximum absolute atomic E-state index is 17.1. The van der Waals surface area contributed by atoms with Gasteiger partial charge in [0.1, 0.15) is 53.4 Å². The molecule has 4 aromatic rings. The van der Waals surface area contributed by atoms with E-state index < -0.39 is 23.3 Å². The Morgan fingerprint density at radius 2 is 2.02 bits per heavy atom. The van der Waals surface area contributed by atoms with E-state index in [2.05, 4.69) is 20.1 Å². The average Bonchev–Trinajstić information content (AvgIpc) is 3.68. The molecule has 12 heteroatoms. The van der Waals surface area contributed by atoms with Gasteiger partial charge in [0.2, 0.25) is 5.88 Å². The lowest BCUT2D eigenvalue weighted by molar-refractivity contribution is 0.107. The van der Waals surface area contributed by atoms with Crippen molar-refractivity contribution in [2.75, 3.05) is 37.7 Å². The van der Waals surface area contributed by atoms with Gasteiger partial charge in [0.05, 0.1) is 11.6 Å². The van der Waals surface area contributed by atoms with Crippen molar-refractivity contribution in [1.29, 1.82) is 0 Å². The zero-order valence-corrected chi connectivity index (χ0v) is 25.5. The molecule has 2 N–H and O–H groups in total. The number of anilines is 1. The quantitative estimate of drug-likeness (QED) is 0.314. The maximum Gasteiger partial charge on any atom is 0.319 e. The van der Waals surface area contributed by atoms with Crippen molar-refractivity contribution in [3.63, 3.8) is 0 Å². The number of hydrogen-bond donors (Lipinski definition) is 2. The zero-order chi connectivity index (χ0) is 31.3. The highest BCUT2D eigenvalue weighted by Gasteiger charge is 2.50. The number of alkyl halides is 1. The number of fused-ring (bicyclic) bond motifs is 7. The third-order valence-electron chi connectivity index (χ3n) is 10.9. The van der Waals surface area contributed by atoms with Crippen LogP contribution < -0.4 is 19.7 Å². The van der Waals surface area contributed by atoms with Gasteiger partial charge in [-0.25, -0.2) is 18.2 Å². The summed E-state index contributed by atoms with van der Waals surface area (Å²) in [7, 11) is 0. The normalized spacial score (nSPS) is 28.4. The van der Waals surface area contributed by atoms with E-state index in [0.717, 1.165) is 32.2 Å². The minimum atomic E-state index is -0.913. The molecular weight excluding hydrogens is 597 g/mol. The summed E-state index contributed by atoms with van der Waals surface area (Å²) in [6.07, 6.45) is 3.62. The predicted octanol–water partition coefficient (Wildman–Crippen LogP) is 5.05. The topological polar surface area (TPSA) is 95.9 Å². The second-order valence-corrected chi connectivity index (χ2v) is 13.5. The largest absolute Gasteiger partial charge is 0.508 e. The van der Waals surface area contributed by atoms with E-state index >= 15 is 8.78 Å². The molecule has 9 nitrogen and oxygen atoms in total. The van der Waals surface area contributed by atoms with Crippen molar-refractivity contribution >= 4 is 27.5 Å². The van der Waals surface area contributed by atoms with E-state index in [1.807, 2.05) is 6.92 Å². The number of piperazine rings is 1. The Balaban J connectivity index is 1.24. The maximum atomic E-state index is 17.1.